The first kappa shape index (κ1) is 19.3. The summed E-state index contributed by atoms with van der Waals surface area (Å²) < 4.78 is 40.7. The van der Waals surface area contributed by atoms with Gasteiger partial charge in [0, 0.05) is 30.8 Å². The SMILES string of the molecule is Cc1nnc(NC(=O)c2cc([C@@H]3CC3NC3CCC(F)(F)CC3)ccc2F)s1. The summed E-state index contributed by atoms with van der Waals surface area (Å²) in [5, 5.41) is 14.7. The smallest absolute Gasteiger partial charge is 0.260 e. The summed E-state index contributed by atoms with van der Waals surface area (Å²) in [6.07, 6.45) is 1.64. The fourth-order valence-corrected chi connectivity index (χ4v) is 4.30. The van der Waals surface area contributed by atoms with Crippen LogP contribution in [-0.4, -0.2) is 34.1 Å². The van der Waals surface area contributed by atoms with Crippen LogP contribution in [0.4, 0.5) is 18.3 Å². The minimum Gasteiger partial charge on any atom is -0.311 e. The average molecular weight is 410 g/mol. The lowest BCUT2D eigenvalue weighted by molar-refractivity contribution is -0.0405. The molecule has 9 heteroatoms. The van der Waals surface area contributed by atoms with E-state index in [4.69, 9.17) is 0 Å². The maximum atomic E-state index is 14.2. The number of nitrogens with zero attached hydrogens (tertiary/aromatic N) is 2. The highest BCUT2D eigenvalue weighted by molar-refractivity contribution is 7.15. The predicted octanol–water partition coefficient (Wildman–Crippen LogP) is 4.26. The Bertz CT molecular complexity index is 878. The second-order valence-corrected chi connectivity index (χ2v) is 8.75. The second kappa shape index (κ2) is 7.44. The van der Waals surface area contributed by atoms with Crippen LogP contribution in [0.2, 0.25) is 0 Å². The molecule has 5 nitrogen and oxygen atoms in total. The molecule has 0 saturated heterocycles. The number of nitrogens with one attached hydrogen (secondary N) is 2. The quantitative estimate of drug-likeness (QED) is 0.773. The van der Waals surface area contributed by atoms with Gasteiger partial charge in [-0.25, -0.2) is 13.2 Å². The van der Waals surface area contributed by atoms with E-state index >= 15 is 0 Å². The highest BCUT2D eigenvalue weighted by Crippen LogP contribution is 2.43. The molecule has 2 aromatic rings. The molecule has 2 N–H and O–H groups in total. The summed E-state index contributed by atoms with van der Waals surface area (Å²) in [6.45, 7) is 1.77. The molecule has 150 valence electrons. The average Bonchev–Trinajstić information content (AvgIpc) is 3.29. The molecule has 0 radical (unpaired) electrons. The van der Waals surface area contributed by atoms with Gasteiger partial charge in [0.1, 0.15) is 10.8 Å². The number of benzene rings is 1. The van der Waals surface area contributed by atoms with Crippen LogP contribution in [0.1, 0.15) is 59.0 Å². The third-order valence-corrected chi connectivity index (χ3v) is 6.12. The fraction of sp³-hybridized carbons (Fsp3) is 0.526. The molecule has 4 rings (SSSR count). The lowest BCUT2D eigenvalue weighted by atomic mass is 9.92. The number of carbonyl (C=O) groups excluding carboxylic acids is 1. The Hall–Kier alpha value is -2.00. The van der Waals surface area contributed by atoms with Crippen LogP contribution in [0.5, 0.6) is 0 Å². The molecule has 2 fully saturated rings. The van der Waals surface area contributed by atoms with Gasteiger partial charge in [-0.05, 0) is 43.9 Å². The zero-order valence-electron chi connectivity index (χ0n) is 15.3. The first-order valence-corrected chi connectivity index (χ1v) is 10.2. The molecule has 1 heterocycles. The van der Waals surface area contributed by atoms with Crippen LogP contribution in [-0.2, 0) is 0 Å². The summed E-state index contributed by atoms with van der Waals surface area (Å²) >= 11 is 1.22. The molecule has 2 aliphatic carbocycles. The van der Waals surface area contributed by atoms with Crippen molar-refractivity contribution in [1.82, 2.24) is 15.5 Å². The molecule has 2 saturated carbocycles. The minimum absolute atomic E-state index is 0.0340. The first-order chi connectivity index (χ1) is 13.3. The highest BCUT2D eigenvalue weighted by Gasteiger charge is 2.42. The van der Waals surface area contributed by atoms with Gasteiger partial charge in [-0.15, -0.1) is 10.2 Å². The monoisotopic (exact) mass is 410 g/mol. The molecule has 0 aliphatic heterocycles. The third-order valence-electron chi connectivity index (χ3n) is 5.37. The summed E-state index contributed by atoms with van der Waals surface area (Å²) in [7, 11) is 0. The summed E-state index contributed by atoms with van der Waals surface area (Å²) in [5.74, 6) is -3.53. The number of alkyl halides is 2. The van der Waals surface area contributed by atoms with Crippen molar-refractivity contribution in [2.45, 2.75) is 63.0 Å². The molecule has 0 spiro atoms. The number of rotatable bonds is 5. The van der Waals surface area contributed by atoms with Crippen LogP contribution in [0, 0.1) is 12.7 Å². The van der Waals surface area contributed by atoms with Crippen molar-refractivity contribution in [2.75, 3.05) is 5.32 Å². The summed E-state index contributed by atoms with van der Waals surface area (Å²) in [6, 6.07) is 4.83. The van der Waals surface area contributed by atoms with Crippen LogP contribution in [0.15, 0.2) is 18.2 Å². The van der Waals surface area contributed by atoms with E-state index in [2.05, 4.69) is 20.8 Å². The number of amides is 1. The Labute approximate surface area is 164 Å². The minimum atomic E-state index is -2.54. The van der Waals surface area contributed by atoms with E-state index in [1.807, 2.05) is 0 Å². The number of aromatic nitrogens is 2. The van der Waals surface area contributed by atoms with Crippen molar-refractivity contribution < 1.29 is 18.0 Å². The third kappa shape index (κ3) is 4.35. The van der Waals surface area contributed by atoms with Crippen molar-refractivity contribution in [3.05, 3.63) is 40.2 Å². The lowest BCUT2D eigenvalue weighted by Crippen LogP contribution is -2.38. The van der Waals surface area contributed by atoms with E-state index < -0.39 is 17.6 Å². The molecule has 1 unspecified atom stereocenters. The van der Waals surface area contributed by atoms with E-state index in [1.54, 1.807) is 19.1 Å². The van der Waals surface area contributed by atoms with Crippen molar-refractivity contribution in [1.29, 1.82) is 0 Å². The van der Waals surface area contributed by atoms with Gasteiger partial charge in [0.05, 0.1) is 5.56 Å². The van der Waals surface area contributed by atoms with Gasteiger partial charge in [-0.3, -0.25) is 10.1 Å². The van der Waals surface area contributed by atoms with Gasteiger partial charge >= 0.3 is 0 Å². The second-order valence-electron chi connectivity index (χ2n) is 7.57. The summed E-state index contributed by atoms with van der Waals surface area (Å²) in [5.41, 5.74) is 0.840. The van der Waals surface area contributed by atoms with Crippen molar-refractivity contribution >= 4 is 22.4 Å². The largest absolute Gasteiger partial charge is 0.311 e. The lowest BCUT2D eigenvalue weighted by Gasteiger charge is -2.29. The molecule has 2 aliphatic rings. The Morgan fingerprint density at radius 3 is 2.68 bits per heavy atom. The Kier molecular flexibility index (Phi) is 5.13. The zero-order valence-corrected chi connectivity index (χ0v) is 16.2. The summed E-state index contributed by atoms with van der Waals surface area (Å²) in [4.78, 5) is 12.4. The standard InChI is InChI=1S/C19H21F3N4OS/c1-10-25-26-18(28-10)24-17(27)14-8-11(2-3-15(14)20)13-9-16(13)23-12-4-6-19(21,22)7-5-12/h2-3,8,12-13,16,23H,4-7,9H2,1H3,(H,24,26,27)/t13-,16?/m0/s1. The van der Waals surface area contributed by atoms with Gasteiger partial charge in [0.2, 0.25) is 11.1 Å². The molecule has 28 heavy (non-hydrogen) atoms. The van der Waals surface area contributed by atoms with E-state index in [1.165, 1.54) is 17.4 Å². The predicted molar refractivity (Wildman–Crippen MR) is 100 cm³/mol. The molecule has 0 bridgehead atoms. The van der Waals surface area contributed by atoms with Crippen molar-refractivity contribution in [3.8, 4) is 0 Å². The molecule has 1 aromatic heterocycles. The molecule has 1 aromatic carbocycles. The molecular formula is C19H21F3N4OS. The molecule has 1 amide bonds. The highest BCUT2D eigenvalue weighted by atomic mass is 32.1. The molecular weight excluding hydrogens is 389 g/mol. The topological polar surface area (TPSA) is 66.9 Å². The van der Waals surface area contributed by atoms with Crippen LogP contribution < -0.4 is 10.6 Å². The van der Waals surface area contributed by atoms with Gasteiger partial charge in [-0.2, -0.15) is 0 Å². The van der Waals surface area contributed by atoms with Gasteiger partial charge in [0.25, 0.3) is 5.91 Å². The van der Waals surface area contributed by atoms with Crippen LogP contribution in [0.3, 0.4) is 0 Å². The number of hydrogen-bond acceptors (Lipinski definition) is 5. The van der Waals surface area contributed by atoms with Gasteiger partial charge in [0.15, 0.2) is 0 Å². The number of halogens is 3. The fourth-order valence-electron chi connectivity index (χ4n) is 3.72. The zero-order chi connectivity index (χ0) is 19.9. The number of aryl methyl sites for hydroxylation is 1. The van der Waals surface area contributed by atoms with Crippen LogP contribution in [0.25, 0.3) is 0 Å². The van der Waals surface area contributed by atoms with E-state index in [0.717, 1.165) is 12.0 Å². The number of anilines is 1. The Morgan fingerprint density at radius 1 is 1.25 bits per heavy atom. The van der Waals surface area contributed by atoms with Crippen LogP contribution >= 0.6 is 11.3 Å². The van der Waals surface area contributed by atoms with E-state index in [-0.39, 0.29) is 36.4 Å². The number of hydrogen-bond donors (Lipinski definition) is 2. The van der Waals surface area contributed by atoms with Gasteiger partial charge < -0.3 is 5.32 Å². The Balaban J connectivity index is 1.38. The number of carbonyl (C=O) groups is 1. The maximum absolute atomic E-state index is 14.2. The van der Waals surface area contributed by atoms with Crippen molar-refractivity contribution in [2.24, 2.45) is 0 Å². The van der Waals surface area contributed by atoms with E-state index in [9.17, 15) is 18.0 Å². The first-order valence-electron chi connectivity index (χ1n) is 9.35. The van der Waals surface area contributed by atoms with Crippen molar-refractivity contribution in [3.63, 3.8) is 0 Å². The normalized spacial score (nSPS) is 24.1. The van der Waals surface area contributed by atoms with E-state index in [0.29, 0.717) is 23.0 Å². The van der Waals surface area contributed by atoms with Gasteiger partial charge in [-0.1, -0.05) is 17.4 Å². The maximum Gasteiger partial charge on any atom is 0.260 e. The Morgan fingerprint density at radius 2 is 2.00 bits per heavy atom. The molecule has 2 atom stereocenters.